The quantitative estimate of drug-likeness (QED) is 0.621. The third-order valence-corrected chi connectivity index (χ3v) is 6.55. The average Bonchev–Trinajstić information content (AvgIpc) is 3.28. The Hall–Kier alpha value is -3.09. The van der Waals surface area contributed by atoms with Crippen molar-refractivity contribution in [2.75, 3.05) is 32.1 Å². The molecule has 0 aliphatic carbocycles. The van der Waals surface area contributed by atoms with Crippen LogP contribution < -0.4 is 15.4 Å². The monoisotopic (exact) mass is 436 g/mol. The van der Waals surface area contributed by atoms with E-state index in [4.69, 9.17) is 4.74 Å². The number of benzene rings is 1. The number of hydrogen-bond donors (Lipinski definition) is 2. The van der Waals surface area contributed by atoms with Gasteiger partial charge in [0.25, 0.3) is 5.91 Å². The first-order valence-corrected chi connectivity index (χ1v) is 11.5. The number of nitrogens with zero attached hydrogens (tertiary/aromatic N) is 2. The predicted molar refractivity (Wildman–Crippen MR) is 124 cm³/mol. The van der Waals surface area contributed by atoms with Crippen molar-refractivity contribution in [1.82, 2.24) is 15.2 Å². The van der Waals surface area contributed by atoms with E-state index in [-0.39, 0.29) is 17.9 Å². The summed E-state index contributed by atoms with van der Waals surface area (Å²) in [5.74, 6) is 1.40. The Morgan fingerprint density at radius 2 is 2.00 bits per heavy atom. The highest BCUT2D eigenvalue weighted by atomic mass is 16.5. The van der Waals surface area contributed by atoms with Gasteiger partial charge in [0.1, 0.15) is 11.8 Å². The average molecular weight is 437 g/mol. The summed E-state index contributed by atoms with van der Waals surface area (Å²) in [7, 11) is 1.60. The zero-order valence-corrected chi connectivity index (χ0v) is 18.7. The van der Waals surface area contributed by atoms with Crippen molar-refractivity contribution < 1.29 is 14.3 Å². The first-order chi connectivity index (χ1) is 15.7. The molecular weight excluding hydrogens is 404 g/mol. The Morgan fingerprint density at radius 3 is 2.78 bits per heavy atom. The SMILES string of the molecule is COc1ccccc1C(=O)N1CCC(CCCCNC(=O)C2Cc3cnccc3N2)CC1. The molecular formula is C25H32N4O3. The van der Waals surface area contributed by atoms with E-state index in [1.54, 1.807) is 13.3 Å². The number of ether oxygens (including phenoxy) is 1. The number of aromatic nitrogens is 1. The first kappa shape index (κ1) is 22.1. The van der Waals surface area contributed by atoms with Crippen LogP contribution in [0.2, 0.25) is 0 Å². The number of hydrogen-bond acceptors (Lipinski definition) is 5. The highest BCUT2D eigenvalue weighted by Gasteiger charge is 2.27. The minimum atomic E-state index is -0.195. The van der Waals surface area contributed by atoms with Crippen molar-refractivity contribution in [1.29, 1.82) is 0 Å². The van der Waals surface area contributed by atoms with E-state index < -0.39 is 0 Å². The highest BCUT2D eigenvalue weighted by Crippen LogP contribution is 2.26. The minimum absolute atomic E-state index is 0.0575. The summed E-state index contributed by atoms with van der Waals surface area (Å²) in [5.41, 5.74) is 2.75. The van der Waals surface area contributed by atoms with E-state index in [0.717, 1.165) is 56.4 Å². The van der Waals surface area contributed by atoms with Crippen molar-refractivity contribution >= 4 is 17.5 Å². The molecule has 0 spiro atoms. The summed E-state index contributed by atoms with van der Waals surface area (Å²) in [6, 6.07) is 9.14. The van der Waals surface area contributed by atoms with Crippen molar-refractivity contribution in [3.8, 4) is 5.75 Å². The number of carbonyl (C=O) groups is 2. The normalized spacial score (nSPS) is 18.0. The van der Waals surface area contributed by atoms with E-state index in [1.165, 1.54) is 0 Å². The van der Waals surface area contributed by atoms with Gasteiger partial charge in [-0.1, -0.05) is 25.0 Å². The van der Waals surface area contributed by atoms with Gasteiger partial charge in [-0.2, -0.15) is 0 Å². The van der Waals surface area contributed by atoms with Crippen molar-refractivity contribution in [2.45, 2.75) is 44.6 Å². The lowest BCUT2D eigenvalue weighted by molar-refractivity contribution is -0.121. The lowest BCUT2D eigenvalue weighted by Gasteiger charge is -2.32. The van der Waals surface area contributed by atoms with Gasteiger partial charge in [0.05, 0.1) is 12.7 Å². The maximum absolute atomic E-state index is 12.8. The molecule has 32 heavy (non-hydrogen) atoms. The molecule has 0 bridgehead atoms. The molecule has 2 N–H and O–H groups in total. The molecule has 4 rings (SSSR count). The molecule has 1 fully saturated rings. The number of unbranched alkanes of at least 4 members (excludes halogenated alkanes) is 1. The smallest absolute Gasteiger partial charge is 0.257 e. The predicted octanol–water partition coefficient (Wildman–Crippen LogP) is 3.27. The summed E-state index contributed by atoms with van der Waals surface area (Å²) >= 11 is 0. The fraction of sp³-hybridized carbons (Fsp3) is 0.480. The Kier molecular flexibility index (Phi) is 7.24. The summed E-state index contributed by atoms with van der Waals surface area (Å²) in [4.78, 5) is 31.3. The zero-order chi connectivity index (χ0) is 22.3. The molecule has 1 atom stereocenters. The third kappa shape index (κ3) is 5.21. The Balaban J connectivity index is 1.11. The Labute approximate surface area is 189 Å². The number of fused-ring (bicyclic) bond motifs is 1. The van der Waals surface area contributed by atoms with Crippen LogP contribution in [-0.4, -0.2) is 54.5 Å². The van der Waals surface area contributed by atoms with Crippen molar-refractivity contribution in [2.24, 2.45) is 5.92 Å². The molecule has 1 aromatic carbocycles. The van der Waals surface area contributed by atoms with Gasteiger partial charge in [-0.25, -0.2) is 0 Å². The molecule has 0 saturated carbocycles. The van der Waals surface area contributed by atoms with Gasteiger partial charge in [-0.15, -0.1) is 0 Å². The number of amides is 2. The van der Waals surface area contributed by atoms with Crippen LogP contribution >= 0.6 is 0 Å². The highest BCUT2D eigenvalue weighted by molar-refractivity contribution is 5.97. The zero-order valence-electron chi connectivity index (χ0n) is 18.7. The van der Waals surface area contributed by atoms with Gasteiger partial charge >= 0.3 is 0 Å². The van der Waals surface area contributed by atoms with Crippen LogP contribution in [0.1, 0.15) is 48.0 Å². The lowest BCUT2D eigenvalue weighted by Crippen LogP contribution is -2.39. The lowest BCUT2D eigenvalue weighted by atomic mass is 9.91. The number of carbonyl (C=O) groups excluding carboxylic acids is 2. The number of pyridine rings is 1. The molecule has 1 saturated heterocycles. The maximum atomic E-state index is 12.8. The van der Waals surface area contributed by atoms with Gasteiger partial charge in [0, 0.05) is 44.1 Å². The fourth-order valence-corrected chi connectivity index (χ4v) is 4.66. The van der Waals surface area contributed by atoms with Crippen LogP contribution in [0.3, 0.4) is 0 Å². The second-order valence-corrected chi connectivity index (χ2v) is 8.66. The van der Waals surface area contributed by atoms with Gasteiger partial charge < -0.3 is 20.3 Å². The number of para-hydroxylation sites is 1. The summed E-state index contributed by atoms with van der Waals surface area (Å²) < 4.78 is 5.34. The van der Waals surface area contributed by atoms with Gasteiger partial charge in [0.2, 0.25) is 5.91 Å². The molecule has 2 aliphatic heterocycles. The van der Waals surface area contributed by atoms with E-state index in [0.29, 0.717) is 30.2 Å². The number of rotatable bonds is 8. The van der Waals surface area contributed by atoms with Crippen molar-refractivity contribution in [3.63, 3.8) is 0 Å². The minimum Gasteiger partial charge on any atom is -0.496 e. The molecule has 0 radical (unpaired) electrons. The number of nitrogens with one attached hydrogen (secondary N) is 2. The first-order valence-electron chi connectivity index (χ1n) is 11.5. The number of piperidine rings is 1. The molecule has 3 heterocycles. The molecule has 1 aromatic heterocycles. The Morgan fingerprint density at radius 1 is 1.19 bits per heavy atom. The summed E-state index contributed by atoms with van der Waals surface area (Å²) in [5, 5.41) is 6.33. The van der Waals surface area contributed by atoms with E-state index >= 15 is 0 Å². The molecule has 2 aliphatic rings. The Bertz CT molecular complexity index is 915. The van der Waals surface area contributed by atoms with Gasteiger partial charge in [-0.3, -0.25) is 14.6 Å². The van der Waals surface area contributed by atoms with Crippen LogP contribution in [0.4, 0.5) is 5.69 Å². The number of likely N-dealkylation sites (tertiary alicyclic amines) is 1. The molecule has 2 amide bonds. The molecule has 1 unspecified atom stereocenters. The summed E-state index contributed by atoms with van der Waals surface area (Å²) in [6.45, 7) is 2.29. The maximum Gasteiger partial charge on any atom is 0.257 e. The molecule has 7 nitrogen and oxygen atoms in total. The topological polar surface area (TPSA) is 83.6 Å². The van der Waals surface area contributed by atoms with E-state index in [9.17, 15) is 9.59 Å². The fourth-order valence-electron chi connectivity index (χ4n) is 4.66. The molecule has 2 aromatic rings. The van der Waals surface area contributed by atoms with Crippen LogP contribution in [0.15, 0.2) is 42.7 Å². The van der Waals surface area contributed by atoms with E-state index in [1.807, 2.05) is 41.4 Å². The van der Waals surface area contributed by atoms with Crippen molar-refractivity contribution in [3.05, 3.63) is 53.9 Å². The van der Waals surface area contributed by atoms with Crippen LogP contribution in [0.25, 0.3) is 0 Å². The number of methoxy groups -OCH3 is 1. The largest absolute Gasteiger partial charge is 0.496 e. The standard InChI is InChI=1S/C25H32N4O3/c1-32-23-8-3-2-7-20(23)25(31)29-14-10-18(11-15-29)6-4-5-12-27-24(30)22-16-19-17-26-13-9-21(19)28-22/h2-3,7-9,13,17-18,22,28H,4-6,10-12,14-16H2,1H3,(H,27,30). The number of anilines is 1. The van der Waals surface area contributed by atoms with Gasteiger partial charge in [-0.05, 0) is 48.9 Å². The van der Waals surface area contributed by atoms with Crippen LogP contribution in [0.5, 0.6) is 5.75 Å². The second kappa shape index (κ2) is 10.5. The molecule has 7 heteroatoms. The second-order valence-electron chi connectivity index (χ2n) is 8.66. The van der Waals surface area contributed by atoms with E-state index in [2.05, 4.69) is 15.6 Å². The third-order valence-electron chi connectivity index (χ3n) is 6.55. The van der Waals surface area contributed by atoms with Crippen LogP contribution in [-0.2, 0) is 11.2 Å². The summed E-state index contributed by atoms with van der Waals surface area (Å²) in [6.07, 6.45) is 9.54. The molecule has 170 valence electrons. The van der Waals surface area contributed by atoms with Gasteiger partial charge in [0.15, 0.2) is 0 Å². The van der Waals surface area contributed by atoms with Crippen LogP contribution in [0, 0.1) is 5.92 Å².